The van der Waals surface area contributed by atoms with Crippen LogP contribution >= 0.6 is 23.8 Å². The molecular formula is C18H20ClN3S. The van der Waals surface area contributed by atoms with E-state index in [9.17, 15) is 0 Å². The Morgan fingerprint density at radius 2 is 1.87 bits per heavy atom. The smallest absolute Gasteiger partial charge is 0.171 e. The highest BCUT2D eigenvalue weighted by Crippen LogP contribution is 2.15. The number of rotatable bonds is 4. The van der Waals surface area contributed by atoms with E-state index in [1.54, 1.807) is 0 Å². The van der Waals surface area contributed by atoms with Gasteiger partial charge in [0.2, 0.25) is 0 Å². The minimum atomic E-state index is 0.394. The fourth-order valence-electron chi connectivity index (χ4n) is 2.82. The minimum Gasteiger partial charge on any atom is -0.358 e. The van der Waals surface area contributed by atoms with Crippen molar-refractivity contribution in [1.29, 1.82) is 0 Å². The molecule has 0 saturated carbocycles. The van der Waals surface area contributed by atoms with Crippen LogP contribution in [0.2, 0.25) is 5.02 Å². The Balaban J connectivity index is 1.46. The fourth-order valence-corrected chi connectivity index (χ4v) is 3.23. The molecule has 0 amide bonds. The summed E-state index contributed by atoms with van der Waals surface area (Å²) in [5, 5.41) is 8.00. The van der Waals surface area contributed by atoms with Crippen LogP contribution in [0.4, 0.5) is 5.69 Å². The number of hydrogen-bond donors (Lipinski definition) is 2. The Morgan fingerprint density at radius 1 is 1.13 bits per heavy atom. The van der Waals surface area contributed by atoms with E-state index in [0.717, 1.165) is 36.8 Å². The zero-order valence-corrected chi connectivity index (χ0v) is 14.4. The van der Waals surface area contributed by atoms with Gasteiger partial charge in [0.15, 0.2) is 5.11 Å². The lowest BCUT2D eigenvalue weighted by atomic mass is 10.2. The third kappa shape index (κ3) is 4.93. The van der Waals surface area contributed by atoms with Gasteiger partial charge in [-0.3, -0.25) is 4.90 Å². The molecule has 1 atom stereocenters. The average Bonchev–Trinajstić information content (AvgIpc) is 2.97. The second-order valence-corrected chi connectivity index (χ2v) is 6.66. The largest absolute Gasteiger partial charge is 0.358 e. The summed E-state index contributed by atoms with van der Waals surface area (Å²) in [6, 6.07) is 18.5. The van der Waals surface area contributed by atoms with Gasteiger partial charge < -0.3 is 10.6 Å². The van der Waals surface area contributed by atoms with Crippen molar-refractivity contribution < 1.29 is 0 Å². The summed E-state index contributed by atoms with van der Waals surface area (Å²) in [6.07, 6.45) is 1.11. The summed E-state index contributed by atoms with van der Waals surface area (Å²) >= 11 is 11.3. The van der Waals surface area contributed by atoms with Crippen LogP contribution in [0.3, 0.4) is 0 Å². The SMILES string of the molecule is S=C(Nc1ccc(Cl)cc1)N[C@H]1CCN(Cc2ccccc2)C1. The van der Waals surface area contributed by atoms with E-state index < -0.39 is 0 Å². The summed E-state index contributed by atoms with van der Waals surface area (Å²) in [5.74, 6) is 0. The molecule has 3 nitrogen and oxygen atoms in total. The highest BCUT2D eigenvalue weighted by atomic mass is 35.5. The first kappa shape index (κ1) is 16.2. The lowest BCUT2D eigenvalue weighted by Gasteiger charge is -2.18. The van der Waals surface area contributed by atoms with Crippen LogP contribution in [-0.4, -0.2) is 29.1 Å². The molecule has 1 saturated heterocycles. The van der Waals surface area contributed by atoms with Crippen molar-refractivity contribution in [2.24, 2.45) is 0 Å². The van der Waals surface area contributed by atoms with E-state index in [4.69, 9.17) is 23.8 Å². The predicted octanol–water partition coefficient (Wildman–Crippen LogP) is 3.90. The topological polar surface area (TPSA) is 27.3 Å². The highest BCUT2D eigenvalue weighted by molar-refractivity contribution is 7.80. The standard InChI is InChI=1S/C18H20ClN3S/c19-15-6-8-16(9-7-15)20-18(23)21-17-10-11-22(13-17)12-14-4-2-1-3-5-14/h1-9,17H,10-13H2,(H2,20,21,23)/t17-/m0/s1. The van der Waals surface area contributed by atoms with Gasteiger partial charge in [-0.2, -0.15) is 0 Å². The minimum absolute atomic E-state index is 0.394. The van der Waals surface area contributed by atoms with Crippen LogP contribution in [0.1, 0.15) is 12.0 Å². The Hall–Kier alpha value is -1.62. The highest BCUT2D eigenvalue weighted by Gasteiger charge is 2.22. The van der Waals surface area contributed by atoms with Crippen molar-refractivity contribution in [3.63, 3.8) is 0 Å². The van der Waals surface area contributed by atoms with Gasteiger partial charge >= 0.3 is 0 Å². The Kier molecular flexibility index (Phi) is 5.49. The van der Waals surface area contributed by atoms with E-state index in [1.807, 2.05) is 24.3 Å². The molecule has 0 unspecified atom stereocenters. The summed E-state index contributed by atoms with van der Waals surface area (Å²) in [4.78, 5) is 2.46. The third-order valence-electron chi connectivity index (χ3n) is 3.96. The predicted molar refractivity (Wildman–Crippen MR) is 101 cm³/mol. The second kappa shape index (κ2) is 7.77. The number of halogens is 1. The van der Waals surface area contributed by atoms with E-state index in [2.05, 4.69) is 45.9 Å². The molecule has 120 valence electrons. The molecule has 0 radical (unpaired) electrons. The van der Waals surface area contributed by atoms with E-state index in [-0.39, 0.29) is 0 Å². The van der Waals surface area contributed by atoms with Crippen LogP contribution in [0.5, 0.6) is 0 Å². The molecule has 1 fully saturated rings. The first-order valence-corrected chi connectivity index (χ1v) is 8.57. The Morgan fingerprint density at radius 3 is 2.61 bits per heavy atom. The van der Waals surface area contributed by atoms with Crippen LogP contribution < -0.4 is 10.6 Å². The molecule has 23 heavy (non-hydrogen) atoms. The van der Waals surface area contributed by atoms with Gasteiger partial charge in [-0.05, 0) is 48.5 Å². The van der Waals surface area contributed by atoms with Gasteiger partial charge in [-0.1, -0.05) is 41.9 Å². The normalized spacial score (nSPS) is 17.9. The lowest BCUT2D eigenvalue weighted by Crippen LogP contribution is -2.39. The van der Waals surface area contributed by atoms with E-state index >= 15 is 0 Å². The van der Waals surface area contributed by atoms with Crippen molar-refractivity contribution in [2.75, 3.05) is 18.4 Å². The molecule has 0 spiro atoms. The van der Waals surface area contributed by atoms with Crippen molar-refractivity contribution in [1.82, 2.24) is 10.2 Å². The third-order valence-corrected chi connectivity index (χ3v) is 4.43. The van der Waals surface area contributed by atoms with Crippen molar-refractivity contribution in [3.8, 4) is 0 Å². The summed E-state index contributed by atoms with van der Waals surface area (Å²) in [5.41, 5.74) is 2.31. The van der Waals surface area contributed by atoms with Crippen LogP contribution in [0.25, 0.3) is 0 Å². The molecule has 1 aliphatic rings. The van der Waals surface area contributed by atoms with Gasteiger partial charge in [0.05, 0.1) is 0 Å². The van der Waals surface area contributed by atoms with E-state index in [0.29, 0.717) is 11.2 Å². The number of nitrogens with one attached hydrogen (secondary N) is 2. The molecule has 2 N–H and O–H groups in total. The quantitative estimate of drug-likeness (QED) is 0.822. The second-order valence-electron chi connectivity index (χ2n) is 5.81. The summed E-state index contributed by atoms with van der Waals surface area (Å²) in [7, 11) is 0. The fraction of sp³-hybridized carbons (Fsp3) is 0.278. The summed E-state index contributed by atoms with van der Waals surface area (Å²) < 4.78 is 0. The first-order chi connectivity index (χ1) is 11.2. The van der Waals surface area contributed by atoms with Crippen molar-refractivity contribution >= 4 is 34.6 Å². The van der Waals surface area contributed by atoms with Crippen molar-refractivity contribution in [3.05, 3.63) is 65.2 Å². The van der Waals surface area contributed by atoms with Gasteiger partial charge in [0, 0.05) is 36.4 Å². The lowest BCUT2D eigenvalue weighted by molar-refractivity contribution is 0.324. The molecule has 2 aromatic carbocycles. The van der Waals surface area contributed by atoms with Crippen molar-refractivity contribution in [2.45, 2.75) is 19.0 Å². The molecule has 0 aromatic heterocycles. The number of hydrogen-bond acceptors (Lipinski definition) is 2. The van der Waals surface area contributed by atoms with Crippen LogP contribution in [0, 0.1) is 0 Å². The van der Waals surface area contributed by atoms with Gasteiger partial charge in [-0.15, -0.1) is 0 Å². The molecule has 3 rings (SSSR count). The molecule has 2 aromatic rings. The molecule has 5 heteroatoms. The summed E-state index contributed by atoms with van der Waals surface area (Å²) in [6.45, 7) is 3.10. The zero-order valence-electron chi connectivity index (χ0n) is 12.8. The molecule has 1 heterocycles. The van der Waals surface area contributed by atoms with Gasteiger partial charge in [0.1, 0.15) is 0 Å². The maximum absolute atomic E-state index is 5.89. The maximum atomic E-state index is 5.89. The Bertz CT molecular complexity index is 645. The van der Waals surface area contributed by atoms with E-state index in [1.165, 1.54) is 5.56 Å². The van der Waals surface area contributed by atoms with Crippen LogP contribution in [-0.2, 0) is 6.54 Å². The van der Waals surface area contributed by atoms with Gasteiger partial charge in [0.25, 0.3) is 0 Å². The molecule has 1 aliphatic heterocycles. The number of benzene rings is 2. The maximum Gasteiger partial charge on any atom is 0.171 e. The molecular weight excluding hydrogens is 326 g/mol. The zero-order chi connectivity index (χ0) is 16.1. The first-order valence-electron chi connectivity index (χ1n) is 7.78. The number of likely N-dealkylation sites (tertiary alicyclic amines) is 1. The van der Waals surface area contributed by atoms with Crippen LogP contribution in [0.15, 0.2) is 54.6 Å². The average molecular weight is 346 g/mol. The number of anilines is 1. The monoisotopic (exact) mass is 345 g/mol. The molecule has 0 aliphatic carbocycles. The van der Waals surface area contributed by atoms with Gasteiger partial charge in [-0.25, -0.2) is 0 Å². The molecule has 0 bridgehead atoms. The number of thiocarbonyl (C=S) groups is 1. The Labute approximate surface area is 147 Å². The number of nitrogens with zero attached hydrogens (tertiary/aromatic N) is 1.